The van der Waals surface area contributed by atoms with E-state index >= 15 is 0 Å². The average Bonchev–Trinajstić information content (AvgIpc) is 3.42. The summed E-state index contributed by atoms with van der Waals surface area (Å²) in [6.07, 6.45) is 5.75. The lowest BCUT2D eigenvalue weighted by molar-refractivity contribution is -0.116. The van der Waals surface area contributed by atoms with Crippen LogP contribution in [0.3, 0.4) is 0 Å². The summed E-state index contributed by atoms with van der Waals surface area (Å²) in [6, 6.07) is 9.39. The van der Waals surface area contributed by atoms with Crippen molar-refractivity contribution in [3.05, 3.63) is 65.3 Å². The normalized spacial score (nSPS) is 12.2. The topological polar surface area (TPSA) is 88.7 Å². The van der Waals surface area contributed by atoms with Gasteiger partial charge in [-0.1, -0.05) is 0 Å². The first kappa shape index (κ1) is 15.4. The van der Waals surface area contributed by atoms with Gasteiger partial charge in [-0.2, -0.15) is 16.3 Å². The zero-order valence-electron chi connectivity index (χ0n) is 13.1. The lowest BCUT2D eigenvalue weighted by Gasteiger charge is -2.17. The van der Waals surface area contributed by atoms with Crippen LogP contribution in [-0.4, -0.2) is 25.7 Å². The molecule has 0 unspecified atom stereocenters. The Morgan fingerprint density at radius 1 is 1.32 bits per heavy atom. The number of nitrogens with zero attached hydrogens (tertiary/aromatic N) is 3. The summed E-state index contributed by atoms with van der Waals surface area (Å²) in [7, 11) is 0. The molecule has 0 aliphatic rings. The van der Waals surface area contributed by atoms with Gasteiger partial charge in [0.05, 0.1) is 18.7 Å². The van der Waals surface area contributed by atoms with Gasteiger partial charge >= 0.3 is 0 Å². The zero-order chi connectivity index (χ0) is 17.1. The third-order valence-corrected chi connectivity index (χ3v) is 4.49. The smallest absolute Gasteiger partial charge is 0.249 e. The lowest BCUT2D eigenvalue weighted by Crippen LogP contribution is -2.19. The van der Waals surface area contributed by atoms with E-state index in [0.717, 1.165) is 5.56 Å². The van der Waals surface area contributed by atoms with Crippen LogP contribution in [0.25, 0.3) is 11.6 Å². The molecule has 4 aromatic rings. The van der Waals surface area contributed by atoms with E-state index in [1.54, 1.807) is 29.7 Å². The quantitative estimate of drug-likeness (QED) is 0.555. The molecule has 8 heteroatoms. The maximum absolute atomic E-state index is 12.5. The highest BCUT2D eigenvalue weighted by Crippen LogP contribution is 2.25. The van der Waals surface area contributed by atoms with Crippen LogP contribution in [0.2, 0.25) is 0 Å². The van der Waals surface area contributed by atoms with Gasteiger partial charge in [0.15, 0.2) is 11.6 Å². The van der Waals surface area contributed by atoms with Crippen LogP contribution in [0, 0.1) is 0 Å². The highest BCUT2D eigenvalue weighted by atomic mass is 32.1. The maximum Gasteiger partial charge on any atom is 0.249 e. The van der Waals surface area contributed by atoms with E-state index in [1.807, 2.05) is 40.5 Å². The van der Waals surface area contributed by atoms with Gasteiger partial charge in [0, 0.05) is 12.4 Å². The van der Waals surface area contributed by atoms with Crippen LogP contribution in [0.4, 0.5) is 5.95 Å². The monoisotopic (exact) mass is 353 g/mol. The van der Waals surface area contributed by atoms with Crippen LogP contribution in [-0.2, 0) is 4.79 Å². The molecule has 0 aliphatic heterocycles. The van der Waals surface area contributed by atoms with Crippen LogP contribution in [0.5, 0.6) is 0 Å². The van der Waals surface area contributed by atoms with Crippen LogP contribution in [0.1, 0.15) is 18.0 Å². The molecular weight excluding hydrogens is 338 g/mol. The van der Waals surface area contributed by atoms with Crippen molar-refractivity contribution in [2.45, 2.75) is 12.5 Å². The summed E-state index contributed by atoms with van der Waals surface area (Å²) in [6.45, 7) is 0. The predicted octanol–water partition coefficient (Wildman–Crippen LogP) is 3.55. The molecule has 0 spiro atoms. The Labute approximate surface area is 147 Å². The number of hydrogen-bond acceptors (Lipinski definition) is 5. The molecule has 7 nitrogen and oxygen atoms in total. The van der Waals surface area contributed by atoms with E-state index in [9.17, 15) is 4.79 Å². The molecule has 0 radical (unpaired) electrons. The molecule has 0 bridgehead atoms. The van der Waals surface area contributed by atoms with E-state index in [1.165, 1.54) is 0 Å². The van der Waals surface area contributed by atoms with Gasteiger partial charge in [-0.25, -0.2) is 0 Å². The molecule has 0 saturated carbocycles. The first-order chi connectivity index (χ1) is 12.3. The number of H-pyrrole nitrogens is 1. The van der Waals surface area contributed by atoms with Crippen molar-refractivity contribution in [2.24, 2.45) is 0 Å². The van der Waals surface area contributed by atoms with Crippen LogP contribution < -0.4 is 5.32 Å². The Kier molecular flexibility index (Phi) is 4.17. The zero-order valence-corrected chi connectivity index (χ0v) is 13.9. The van der Waals surface area contributed by atoms with Crippen molar-refractivity contribution in [1.82, 2.24) is 19.7 Å². The SMILES string of the molecule is O=C(C[C@H](c1ccsc1)n1cccc1)Nc1n[nH]c(-c2ccco2)n1. The summed E-state index contributed by atoms with van der Waals surface area (Å²) >= 11 is 1.61. The number of aromatic nitrogens is 4. The Bertz CT molecular complexity index is 892. The predicted molar refractivity (Wildman–Crippen MR) is 94.2 cm³/mol. The molecule has 1 atom stereocenters. The fraction of sp³-hybridized carbons (Fsp3) is 0.118. The van der Waals surface area contributed by atoms with Gasteiger partial charge in [-0.05, 0) is 46.7 Å². The molecule has 4 rings (SSSR count). The summed E-state index contributed by atoms with van der Waals surface area (Å²) in [4.78, 5) is 16.7. The van der Waals surface area contributed by atoms with Crippen molar-refractivity contribution in [1.29, 1.82) is 0 Å². The van der Waals surface area contributed by atoms with Gasteiger partial charge in [0.2, 0.25) is 11.9 Å². The Hall–Kier alpha value is -3.13. The fourth-order valence-corrected chi connectivity index (χ4v) is 3.32. The third kappa shape index (κ3) is 3.38. The number of carbonyl (C=O) groups excluding carboxylic acids is 1. The van der Waals surface area contributed by atoms with E-state index in [0.29, 0.717) is 11.6 Å². The summed E-state index contributed by atoms with van der Waals surface area (Å²) < 4.78 is 7.27. The molecule has 0 saturated heterocycles. The molecule has 0 fully saturated rings. The Morgan fingerprint density at radius 3 is 2.92 bits per heavy atom. The number of anilines is 1. The molecule has 126 valence electrons. The fourth-order valence-electron chi connectivity index (χ4n) is 2.61. The van der Waals surface area contributed by atoms with Gasteiger partial charge < -0.3 is 8.98 Å². The van der Waals surface area contributed by atoms with E-state index in [2.05, 4.69) is 25.9 Å². The summed E-state index contributed by atoms with van der Waals surface area (Å²) in [5.41, 5.74) is 1.10. The molecule has 25 heavy (non-hydrogen) atoms. The molecule has 4 heterocycles. The minimum absolute atomic E-state index is 0.0651. The van der Waals surface area contributed by atoms with Crippen molar-refractivity contribution in [3.8, 4) is 11.6 Å². The number of amides is 1. The average molecular weight is 353 g/mol. The number of nitrogens with one attached hydrogen (secondary N) is 2. The second-order valence-corrected chi connectivity index (χ2v) is 6.22. The van der Waals surface area contributed by atoms with E-state index < -0.39 is 0 Å². The molecule has 0 aliphatic carbocycles. The number of carbonyl (C=O) groups is 1. The molecule has 2 N–H and O–H groups in total. The second-order valence-electron chi connectivity index (χ2n) is 5.44. The van der Waals surface area contributed by atoms with E-state index in [4.69, 9.17) is 4.42 Å². The molecule has 4 aromatic heterocycles. The van der Waals surface area contributed by atoms with Gasteiger partial charge in [-0.3, -0.25) is 15.2 Å². The first-order valence-corrected chi connectivity index (χ1v) is 8.64. The number of hydrogen-bond donors (Lipinski definition) is 2. The van der Waals surface area contributed by atoms with Crippen molar-refractivity contribution in [2.75, 3.05) is 5.32 Å². The lowest BCUT2D eigenvalue weighted by atomic mass is 10.1. The molecule has 1 amide bonds. The minimum atomic E-state index is -0.158. The Balaban J connectivity index is 1.47. The summed E-state index contributed by atoms with van der Waals surface area (Å²) in [5, 5.41) is 13.6. The highest BCUT2D eigenvalue weighted by molar-refractivity contribution is 7.08. The van der Waals surface area contributed by atoms with Crippen molar-refractivity contribution >= 4 is 23.2 Å². The third-order valence-electron chi connectivity index (χ3n) is 3.79. The van der Waals surface area contributed by atoms with Crippen molar-refractivity contribution < 1.29 is 9.21 Å². The highest BCUT2D eigenvalue weighted by Gasteiger charge is 2.19. The van der Waals surface area contributed by atoms with Crippen LogP contribution >= 0.6 is 11.3 Å². The largest absolute Gasteiger partial charge is 0.461 e. The second kappa shape index (κ2) is 6.78. The number of aromatic amines is 1. The number of thiophene rings is 1. The van der Waals surface area contributed by atoms with E-state index in [-0.39, 0.29) is 24.3 Å². The number of furan rings is 1. The number of rotatable bonds is 6. The van der Waals surface area contributed by atoms with Gasteiger partial charge in [0.1, 0.15) is 0 Å². The maximum atomic E-state index is 12.5. The standard InChI is InChI=1S/C17H15N5O2S/c23-15(18-17-19-16(20-21-17)14-4-3-8-24-14)10-13(12-5-9-25-11-12)22-6-1-2-7-22/h1-9,11,13H,10H2,(H2,18,19,20,21,23)/t13-/m1/s1. The van der Waals surface area contributed by atoms with Gasteiger partial charge in [0.25, 0.3) is 0 Å². The molecular formula is C17H15N5O2S. The summed E-state index contributed by atoms with van der Waals surface area (Å²) in [5.74, 6) is 1.11. The molecule has 0 aromatic carbocycles. The minimum Gasteiger partial charge on any atom is -0.461 e. The first-order valence-electron chi connectivity index (χ1n) is 7.70. The van der Waals surface area contributed by atoms with Crippen molar-refractivity contribution in [3.63, 3.8) is 0 Å². The van der Waals surface area contributed by atoms with Gasteiger partial charge in [-0.15, -0.1) is 5.10 Å². The van der Waals surface area contributed by atoms with Crippen LogP contribution in [0.15, 0.2) is 64.2 Å². The Morgan fingerprint density at radius 2 is 2.20 bits per heavy atom.